The fourth-order valence-electron chi connectivity index (χ4n) is 2.31. The predicted molar refractivity (Wildman–Crippen MR) is 71.8 cm³/mol. The van der Waals surface area contributed by atoms with E-state index in [1.165, 1.54) is 12.1 Å². The molecule has 0 saturated heterocycles. The summed E-state index contributed by atoms with van der Waals surface area (Å²) in [6.07, 6.45) is 3.11. The number of carbonyl (C=O) groups is 1. The topological polar surface area (TPSA) is 98.3 Å². The molecule has 1 fully saturated rings. The van der Waals surface area contributed by atoms with Crippen molar-refractivity contribution in [2.24, 2.45) is 5.92 Å². The minimum absolute atomic E-state index is 0.0126. The Balaban J connectivity index is 2.12. The molecular formula is C13H17N3O3. The zero-order valence-electron chi connectivity index (χ0n) is 10.8. The normalized spacial score (nSPS) is 20.9. The molecule has 6 heteroatoms. The van der Waals surface area contributed by atoms with Gasteiger partial charge in [0, 0.05) is 6.04 Å². The van der Waals surface area contributed by atoms with Crippen molar-refractivity contribution in [1.29, 1.82) is 0 Å². The van der Waals surface area contributed by atoms with Crippen LogP contribution in [-0.4, -0.2) is 16.9 Å². The molecule has 0 bridgehead atoms. The standard InChI is InChI=1S/C13H17N3O3/c1-2-4-8-7-11(8)15-13(17)9-5-3-6-10(14)12(9)16(18)19/h3,5-6,8,11H,2,4,7,14H2,1H3,(H,15,17). The monoisotopic (exact) mass is 263 g/mol. The number of nitro groups is 1. The molecule has 102 valence electrons. The van der Waals surface area contributed by atoms with E-state index < -0.39 is 10.8 Å². The van der Waals surface area contributed by atoms with Gasteiger partial charge in [0.15, 0.2) is 0 Å². The largest absolute Gasteiger partial charge is 0.393 e. The lowest BCUT2D eigenvalue weighted by atomic mass is 10.1. The van der Waals surface area contributed by atoms with Crippen molar-refractivity contribution in [3.05, 3.63) is 33.9 Å². The van der Waals surface area contributed by atoms with Gasteiger partial charge in [-0.3, -0.25) is 14.9 Å². The van der Waals surface area contributed by atoms with E-state index in [0.717, 1.165) is 19.3 Å². The summed E-state index contributed by atoms with van der Waals surface area (Å²) in [6.45, 7) is 2.10. The number of amides is 1. The predicted octanol–water partition coefficient (Wildman–Crippen LogP) is 2.10. The Labute approximate surface area is 111 Å². The van der Waals surface area contributed by atoms with E-state index in [0.29, 0.717) is 5.92 Å². The second-order valence-electron chi connectivity index (χ2n) is 4.86. The van der Waals surface area contributed by atoms with Crippen molar-refractivity contribution >= 4 is 17.3 Å². The van der Waals surface area contributed by atoms with Crippen molar-refractivity contribution in [3.8, 4) is 0 Å². The average Bonchev–Trinajstić information content (AvgIpc) is 3.06. The fourth-order valence-corrected chi connectivity index (χ4v) is 2.31. The van der Waals surface area contributed by atoms with Gasteiger partial charge in [0.05, 0.1) is 4.92 Å². The molecule has 3 N–H and O–H groups in total. The lowest BCUT2D eigenvalue weighted by molar-refractivity contribution is -0.384. The highest BCUT2D eigenvalue weighted by Crippen LogP contribution is 2.35. The van der Waals surface area contributed by atoms with Crippen molar-refractivity contribution in [2.45, 2.75) is 32.2 Å². The molecule has 1 aliphatic carbocycles. The van der Waals surface area contributed by atoms with Gasteiger partial charge in [-0.25, -0.2) is 0 Å². The van der Waals surface area contributed by atoms with Gasteiger partial charge in [0.25, 0.3) is 5.91 Å². The van der Waals surface area contributed by atoms with Crippen LogP contribution in [0.4, 0.5) is 11.4 Å². The molecule has 6 nitrogen and oxygen atoms in total. The number of carbonyl (C=O) groups excluding carboxylic acids is 1. The van der Waals surface area contributed by atoms with Crippen LogP contribution in [0.2, 0.25) is 0 Å². The highest BCUT2D eigenvalue weighted by Gasteiger charge is 2.38. The summed E-state index contributed by atoms with van der Waals surface area (Å²) in [4.78, 5) is 22.4. The number of benzene rings is 1. The van der Waals surface area contributed by atoms with Crippen LogP contribution in [0.15, 0.2) is 18.2 Å². The van der Waals surface area contributed by atoms with E-state index in [-0.39, 0.29) is 23.0 Å². The van der Waals surface area contributed by atoms with Crippen molar-refractivity contribution in [1.82, 2.24) is 5.32 Å². The summed E-state index contributed by atoms with van der Waals surface area (Å²) in [5.41, 5.74) is 5.29. The second-order valence-corrected chi connectivity index (χ2v) is 4.86. The Morgan fingerprint density at radius 2 is 2.32 bits per heavy atom. The highest BCUT2D eigenvalue weighted by atomic mass is 16.6. The molecule has 1 aromatic rings. The third-order valence-corrected chi connectivity index (χ3v) is 3.39. The number of nitrogen functional groups attached to an aromatic ring is 1. The van der Waals surface area contributed by atoms with E-state index >= 15 is 0 Å². The van der Waals surface area contributed by atoms with Crippen LogP contribution in [0.1, 0.15) is 36.5 Å². The van der Waals surface area contributed by atoms with E-state index in [4.69, 9.17) is 5.73 Å². The third kappa shape index (κ3) is 2.83. The molecule has 2 unspecified atom stereocenters. The number of nitrogens with zero attached hydrogens (tertiary/aromatic N) is 1. The van der Waals surface area contributed by atoms with Gasteiger partial charge in [0.2, 0.25) is 0 Å². The highest BCUT2D eigenvalue weighted by molar-refractivity contribution is 6.00. The van der Waals surface area contributed by atoms with Gasteiger partial charge >= 0.3 is 5.69 Å². The number of hydrogen-bond acceptors (Lipinski definition) is 4. The molecule has 2 atom stereocenters. The molecule has 0 heterocycles. The van der Waals surface area contributed by atoms with Crippen molar-refractivity contribution < 1.29 is 9.72 Å². The molecule has 1 aliphatic rings. The summed E-state index contributed by atoms with van der Waals surface area (Å²) in [5.74, 6) is 0.0941. The third-order valence-electron chi connectivity index (χ3n) is 3.39. The Morgan fingerprint density at radius 1 is 1.58 bits per heavy atom. The van der Waals surface area contributed by atoms with Gasteiger partial charge in [-0.2, -0.15) is 0 Å². The maximum absolute atomic E-state index is 12.1. The molecule has 0 aliphatic heterocycles. The molecular weight excluding hydrogens is 246 g/mol. The first-order chi connectivity index (χ1) is 9.04. The first-order valence-corrected chi connectivity index (χ1v) is 6.38. The van der Waals surface area contributed by atoms with Crippen LogP contribution >= 0.6 is 0 Å². The first kappa shape index (κ1) is 13.3. The zero-order valence-corrected chi connectivity index (χ0v) is 10.8. The van der Waals surface area contributed by atoms with Crippen molar-refractivity contribution in [2.75, 3.05) is 5.73 Å². The van der Waals surface area contributed by atoms with E-state index in [1.807, 2.05) is 0 Å². The number of nitro benzene ring substituents is 1. The first-order valence-electron chi connectivity index (χ1n) is 6.38. The molecule has 1 aromatic carbocycles. The van der Waals surface area contributed by atoms with E-state index in [2.05, 4.69) is 12.2 Å². The Morgan fingerprint density at radius 3 is 2.95 bits per heavy atom. The molecule has 1 saturated carbocycles. The molecule has 0 spiro atoms. The minimum Gasteiger partial charge on any atom is -0.393 e. The number of rotatable bonds is 5. The number of anilines is 1. The summed E-state index contributed by atoms with van der Waals surface area (Å²) >= 11 is 0. The number of nitrogens with two attached hydrogens (primary N) is 1. The van der Waals surface area contributed by atoms with E-state index in [9.17, 15) is 14.9 Å². The van der Waals surface area contributed by atoms with Gasteiger partial charge in [-0.15, -0.1) is 0 Å². The number of para-hydroxylation sites is 1. The maximum Gasteiger partial charge on any atom is 0.304 e. The molecule has 2 rings (SSSR count). The second kappa shape index (κ2) is 5.26. The Kier molecular flexibility index (Phi) is 3.69. The zero-order chi connectivity index (χ0) is 14.0. The SMILES string of the molecule is CCCC1CC1NC(=O)c1cccc(N)c1[N+](=O)[O-]. The van der Waals surface area contributed by atoms with Gasteiger partial charge < -0.3 is 11.1 Å². The smallest absolute Gasteiger partial charge is 0.304 e. The molecule has 19 heavy (non-hydrogen) atoms. The van der Waals surface area contributed by atoms with Crippen LogP contribution in [-0.2, 0) is 0 Å². The van der Waals surface area contributed by atoms with Crippen LogP contribution in [0.3, 0.4) is 0 Å². The molecule has 1 amide bonds. The van der Waals surface area contributed by atoms with Crippen LogP contribution < -0.4 is 11.1 Å². The lowest BCUT2D eigenvalue weighted by Crippen LogP contribution is -2.27. The minimum atomic E-state index is -0.610. The maximum atomic E-state index is 12.1. The van der Waals surface area contributed by atoms with Crippen LogP contribution in [0, 0.1) is 16.0 Å². The van der Waals surface area contributed by atoms with Gasteiger partial charge in [0.1, 0.15) is 11.3 Å². The molecule has 0 radical (unpaired) electrons. The fraction of sp³-hybridized carbons (Fsp3) is 0.462. The number of nitrogens with one attached hydrogen (secondary N) is 1. The Hall–Kier alpha value is -2.11. The number of hydrogen-bond donors (Lipinski definition) is 2. The van der Waals surface area contributed by atoms with Crippen LogP contribution in [0.5, 0.6) is 0 Å². The van der Waals surface area contributed by atoms with Gasteiger partial charge in [-0.1, -0.05) is 19.4 Å². The lowest BCUT2D eigenvalue weighted by Gasteiger charge is -2.06. The summed E-state index contributed by atoms with van der Waals surface area (Å²) < 4.78 is 0. The Bertz CT molecular complexity index is 516. The summed E-state index contributed by atoms with van der Waals surface area (Å²) in [7, 11) is 0. The van der Waals surface area contributed by atoms with Gasteiger partial charge in [-0.05, 0) is 30.9 Å². The molecule has 0 aromatic heterocycles. The van der Waals surface area contributed by atoms with Crippen molar-refractivity contribution in [3.63, 3.8) is 0 Å². The summed E-state index contributed by atoms with van der Waals surface area (Å²) in [5, 5.41) is 13.8. The quantitative estimate of drug-likeness (QED) is 0.482. The average molecular weight is 263 g/mol. The van der Waals surface area contributed by atoms with E-state index in [1.54, 1.807) is 6.07 Å². The summed E-state index contributed by atoms with van der Waals surface area (Å²) in [6, 6.07) is 4.55. The van der Waals surface area contributed by atoms with Crippen LogP contribution in [0.25, 0.3) is 0 Å².